The lowest BCUT2D eigenvalue weighted by Gasteiger charge is -2.21. The summed E-state index contributed by atoms with van der Waals surface area (Å²) in [5.41, 5.74) is 8.10. The van der Waals surface area contributed by atoms with Crippen molar-refractivity contribution in [3.63, 3.8) is 0 Å². The van der Waals surface area contributed by atoms with Crippen molar-refractivity contribution in [2.75, 3.05) is 19.8 Å². The van der Waals surface area contributed by atoms with E-state index in [1.165, 1.54) is 0 Å². The van der Waals surface area contributed by atoms with E-state index in [9.17, 15) is 14.4 Å². The summed E-state index contributed by atoms with van der Waals surface area (Å²) in [7, 11) is 0. The highest BCUT2D eigenvalue weighted by Gasteiger charge is 2.24. The third-order valence-electron chi connectivity index (χ3n) is 7.34. The monoisotopic (exact) mass is 564 g/mol. The van der Waals surface area contributed by atoms with Gasteiger partial charge in [0, 0.05) is 19.4 Å². The van der Waals surface area contributed by atoms with Gasteiger partial charge < -0.3 is 21.1 Å². The molecule has 1 saturated heterocycles. The van der Waals surface area contributed by atoms with E-state index in [1.807, 2.05) is 67.3 Å². The topological polar surface area (TPSA) is 120 Å². The van der Waals surface area contributed by atoms with E-state index in [2.05, 4.69) is 10.6 Å². The van der Waals surface area contributed by atoms with Gasteiger partial charge >= 0.3 is 5.97 Å². The molecule has 0 aromatic heterocycles. The summed E-state index contributed by atoms with van der Waals surface area (Å²) in [6, 6.07) is 17.8. The maximum absolute atomic E-state index is 13.0. The molecule has 222 valence electrons. The van der Waals surface area contributed by atoms with E-state index in [-0.39, 0.29) is 17.8 Å². The van der Waals surface area contributed by atoms with Gasteiger partial charge in [-0.2, -0.15) is 4.74 Å². The Morgan fingerprint density at radius 2 is 1.54 bits per heavy atom. The maximum atomic E-state index is 13.0. The van der Waals surface area contributed by atoms with Crippen molar-refractivity contribution < 1.29 is 23.9 Å². The van der Waals surface area contributed by atoms with Crippen LogP contribution in [0.1, 0.15) is 68.9 Å². The van der Waals surface area contributed by atoms with Crippen LogP contribution in [0.15, 0.2) is 60.7 Å². The Balaban J connectivity index is 1.32. The largest absolute Gasteiger partial charge is 0.465 e. The molecule has 1 aliphatic heterocycles. The fourth-order valence-electron chi connectivity index (χ4n) is 4.86. The molecule has 1 fully saturated rings. The summed E-state index contributed by atoms with van der Waals surface area (Å²) >= 11 is 0. The molecule has 1 unspecified atom stereocenters. The van der Waals surface area contributed by atoms with Crippen LogP contribution in [0.25, 0.3) is 0 Å². The molecule has 0 radical (unpaired) electrons. The molecule has 2 aromatic rings. The molecular weight excluding hydrogens is 518 g/mol. The van der Waals surface area contributed by atoms with Crippen LogP contribution in [0.5, 0.6) is 0 Å². The van der Waals surface area contributed by atoms with Gasteiger partial charge in [0.25, 0.3) is 0 Å². The molecule has 0 saturated carbocycles. The van der Waals surface area contributed by atoms with Gasteiger partial charge in [-0.05, 0) is 49.1 Å². The second-order valence-corrected chi connectivity index (χ2v) is 10.8. The summed E-state index contributed by atoms with van der Waals surface area (Å²) in [6.07, 6.45) is 8.60. The van der Waals surface area contributed by atoms with Gasteiger partial charge in [0.1, 0.15) is 12.5 Å². The molecule has 41 heavy (non-hydrogen) atoms. The van der Waals surface area contributed by atoms with Crippen LogP contribution in [-0.2, 0) is 36.7 Å². The lowest BCUT2D eigenvalue weighted by Crippen LogP contribution is -2.53. The number of nitrogens with one attached hydrogen (secondary N) is 2. The van der Waals surface area contributed by atoms with Gasteiger partial charge in [-0.3, -0.25) is 14.4 Å². The van der Waals surface area contributed by atoms with E-state index < -0.39 is 12.1 Å². The molecule has 8 nitrogen and oxygen atoms in total. The molecule has 0 aliphatic carbocycles. The average Bonchev–Trinajstić information content (AvgIpc) is 3.27. The lowest BCUT2D eigenvalue weighted by atomic mass is 10.0. The Bertz CT molecular complexity index is 1030. The third-order valence-corrected chi connectivity index (χ3v) is 7.34. The molecular formula is C33H46N3O5+. The Labute approximate surface area is 244 Å². The van der Waals surface area contributed by atoms with Crippen LogP contribution >= 0.6 is 0 Å². The summed E-state index contributed by atoms with van der Waals surface area (Å²) in [5, 5.41) is 5.85. The quantitative estimate of drug-likeness (QED) is 0.150. The van der Waals surface area contributed by atoms with E-state index in [0.29, 0.717) is 44.9 Å². The van der Waals surface area contributed by atoms with Crippen LogP contribution in [0, 0.1) is 12.5 Å². The first-order valence-electron chi connectivity index (χ1n) is 15.0. The first-order chi connectivity index (χ1) is 20.0. The van der Waals surface area contributed by atoms with Crippen LogP contribution in [0.2, 0.25) is 0 Å². The van der Waals surface area contributed by atoms with Crippen molar-refractivity contribution in [3.8, 4) is 0 Å². The molecule has 2 amide bonds. The second kappa shape index (κ2) is 18.9. The third kappa shape index (κ3) is 13.2. The SMILES string of the molecule is N[C@H](Cc1ccccc1)C(=O)N[C@H](Cc1ccccc1)C(=O)NCCCCCCCC(=O)OCC1CC[CH+]OCC1. The highest BCUT2D eigenvalue weighted by atomic mass is 16.5. The number of carbonyl (C=O) groups is 3. The number of ether oxygens (including phenoxy) is 2. The normalized spacial score (nSPS) is 16.5. The van der Waals surface area contributed by atoms with Crippen molar-refractivity contribution >= 4 is 17.8 Å². The van der Waals surface area contributed by atoms with E-state index >= 15 is 0 Å². The Kier molecular flexibility index (Phi) is 14.8. The number of esters is 1. The average molecular weight is 565 g/mol. The molecule has 2 aromatic carbocycles. The van der Waals surface area contributed by atoms with Crippen molar-refractivity contribution in [3.05, 3.63) is 78.4 Å². The van der Waals surface area contributed by atoms with Crippen molar-refractivity contribution in [1.82, 2.24) is 10.6 Å². The van der Waals surface area contributed by atoms with Gasteiger partial charge in [0.05, 0.1) is 19.3 Å². The second-order valence-electron chi connectivity index (χ2n) is 10.8. The van der Waals surface area contributed by atoms with Crippen molar-refractivity contribution in [2.24, 2.45) is 11.7 Å². The van der Waals surface area contributed by atoms with Crippen LogP contribution in [-0.4, -0.2) is 49.6 Å². The highest BCUT2D eigenvalue weighted by molar-refractivity contribution is 5.90. The van der Waals surface area contributed by atoms with Crippen molar-refractivity contribution in [2.45, 2.75) is 82.7 Å². The number of rotatable bonds is 17. The molecule has 3 atom stereocenters. The summed E-state index contributed by atoms with van der Waals surface area (Å²) in [4.78, 5) is 37.9. The summed E-state index contributed by atoms with van der Waals surface area (Å²) in [6.45, 7) is 3.56. The van der Waals surface area contributed by atoms with Gasteiger partial charge in [0.2, 0.25) is 18.4 Å². The minimum Gasteiger partial charge on any atom is -0.465 e. The van der Waals surface area contributed by atoms with Gasteiger partial charge in [0.15, 0.2) is 0 Å². The van der Waals surface area contributed by atoms with Crippen LogP contribution in [0.3, 0.4) is 0 Å². The van der Waals surface area contributed by atoms with E-state index in [1.54, 1.807) is 0 Å². The molecule has 0 bridgehead atoms. The zero-order valence-corrected chi connectivity index (χ0v) is 24.1. The summed E-state index contributed by atoms with van der Waals surface area (Å²) in [5.74, 6) is -0.291. The van der Waals surface area contributed by atoms with Gasteiger partial charge in [-0.15, -0.1) is 0 Å². The lowest BCUT2D eigenvalue weighted by molar-refractivity contribution is -0.145. The Morgan fingerprint density at radius 3 is 2.27 bits per heavy atom. The van der Waals surface area contributed by atoms with E-state index in [0.717, 1.165) is 62.5 Å². The van der Waals surface area contributed by atoms with Gasteiger partial charge in [-0.1, -0.05) is 79.9 Å². The molecule has 1 aliphatic rings. The molecule has 4 N–H and O–H groups in total. The molecule has 8 heteroatoms. The smallest absolute Gasteiger partial charge is 0.305 e. The van der Waals surface area contributed by atoms with Crippen LogP contribution in [0.4, 0.5) is 0 Å². The number of amides is 2. The molecule has 3 rings (SSSR count). The minimum absolute atomic E-state index is 0.124. The van der Waals surface area contributed by atoms with Crippen molar-refractivity contribution in [1.29, 1.82) is 0 Å². The fraction of sp³-hybridized carbons (Fsp3) is 0.515. The standard InChI is InChI=1S/C33H45N3O5/c34-29(23-26-13-6-4-7-14-26)32(38)36-30(24-27-15-8-5-9-16-27)33(39)35-20-11-3-1-2-10-18-31(37)41-25-28-17-12-21-40-22-19-28/h4-9,13-16,21,28-30H,1-3,10-12,17-20,22-25,34H2,(H-,35,36,38,39)/p+1/t28?,29-,30-/m1/s1. The zero-order valence-electron chi connectivity index (χ0n) is 24.1. The maximum Gasteiger partial charge on any atom is 0.305 e. The number of hydrogen-bond acceptors (Lipinski definition) is 6. The number of hydrogen-bond donors (Lipinski definition) is 3. The minimum atomic E-state index is -0.745. The first kappa shape index (κ1) is 32.2. The zero-order chi connectivity index (χ0) is 29.1. The fourth-order valence-corrected chi connectivity index (χ4v) is 4.86. The number of carbonyl (C=O) groups excluding carboxylic acids is 3. The predicted molar refractivity (Wildman–Crippen MR) is 159 cm³/mol. The Morgan fingerprint density at radius 1 is 0.878 bits per heavy atom. The first-order valence-corrected chi connectivity index (χ1v) is 15.0. The number of unbranched alkanes of at least 4 members (excludes halogenated alkanes) is 4. The number of nitrogens with two attached hydrogens (primary N) is 1. The Hall–Kier alpha value is -3.36. The predicted octanol–water partition coefficient (Wildman–Crippen LogP) is 4.26. The van der Waals surface area contributed by atoms with E-state index in [4.69, 9.17) is 15.2 Å². The van der Waals surface area contributed by atoms with Gasteiger partial charge in [-0.25, -0.2) is 0 Å². The number of benzene rings is 2. The summed E-state index contributed by atoms with van der Waals surface area (Å²) < 4.78 is 10.8. The molecule has 0 spiro atoms. The highest BCUT2D eigenvalue weighted by Crippen LogP contribution is 2.18. The molecule has 1 heterocycles. The van der Waals surface area contributed by atoms with Crippen LogP contribution < -0.4 is 16.4 Å².